The molecule has 0 bridgehead atoms. The first-order valence-electron chi connectivity index (χ1n) is 5.42. The van der Waals surface area contributed by atoms with E-state index in [9.17, 15) is 18.4 Å². The zero-order valence-electron chi connectivity index (χ0n) is 9.40. The van der Waals surface area contributed by atoms with Crippen LogP contribution in [0.5, 0.6) is 0 Å². The second-order valence-electron chi connectivity index (χ2n) is 4.25. The van der Waals surface area contributed by atoms with Gasteiger partial charge in [-0.2, -0.15) is 0 Å². The molecule has 1 N–H and O–H groups in total. The molecular formula is C12H11F2NO3. The molecule has 1 heterocycles. The third kappa shape index (κ3) is 2.47. The molecule has 1 aliphatic rings. The fraction of sp³-hybridized carbons (Fsp3) is 0.333. The number of aliphatic carboxylic acids is 1. The van der Waals surface area contributed by atoms with Gasteiger partial charge in [0, 0.05) is 31.1 Å². The van der Waals surface area contributed by atoms with Crippen LogP contribution in [0.25, 0.3) is 0 Å². The molecule has 1 amide bonds. The Balaban J connectivity index is 2.10. The van der Waals surface area contributed by atoms with Crippen molar-refractivity contribution in [2.75, 3.05) is 6.54 Å². The first kappa shape index (κ1) is 12.5. The third-order valence-corrected chi connectivity index (χ3v) is 2.94. The zero-order valence-corrected chi connectivity index (χ0v) is 9.40. The number of amides is 1. The summed E-state index contributed by atoms with van der Waals surface area (Å²) in [4.78, 5) is 23.6. The maximum Gasteiger partial charge on any atom is 0.308 e. The molecule has 2 rings (SSSR count). The Bertz CT molecular complexity index is 504. The van der Waals surface area contributed by atoms with E-state index >= 15 is 0 Å². The van der Waals surface area contributed by atoms with Gasteiger partial charge in [-0.15, -0.1) is 0 Å². The number of carbonyl (C=O) groups is 2. The van der Waals surface area contributed by atoms with Crippen LogP contribution < -0.4 is 0 Å². The maximum atomic E-state index is 13.4. The van der Waals surface area contributed by atoms with Crippen LogP contribution in [0.15, 0.2) is 18.2 Å². The maximum absolute atomic E-state index is 13.4. The number of carboxylic acids is 1. The number of nitrogens with zero attached hydrogens (tertiary/aromatic N) is 1. The molecule has 1 atom stereocenters. The largest absolute Gasteiger partial charge is 0.481 e. The summed E-state index contributed by atoms with van der Waals surface area (Å²) in [5.74, 6) is -3.54. The van der Waals surface area contributed by atoms with Crippen molar-refractivity contribution >= 4 is 11.9 Å². The number of carbonyl (C=O) groups excluding carboxylic acids is 1. The molecule has 1 aromatic rings. The van der Waals surface area contributed by atoms with Gasteiger partial charge >= 0.3 is 5.97 Å². The number of likely N-dealkylation sites (tertiary alicyclic amines) is 1. The van der Waals surface area contributed by atoms with Crippen LogP contribution in [0.2, 0.25) is 0 Å². The molecule has 0 aromatic heterocycles. The molecule has 0 saturated carbocycles. The van der Waals surface area contributed by atoms with Crippen LogP contribution >= 0.6 is 0 Å². The van der Waals surface area contributed by atoms with Crippen LogP contribution in [0, 0.1) is 17.6 Å². The van der Waals surface area contributed by atoms with E-state index in [1.807, 2.05) is 0 Å². The lowest BCUT2D eigenvalue weighted by molar-refractivity contribution is -0.141. The third-order valence-electron chi connectivity index (χ3n) is 2.94. The van der Waals surface area contributed by atoms with Gasteiger partial charge in [0.1, 0.15) is 11.6 Å². The number of hydrogen-bond donors (Lipinski definition) is 1. The van der Waals surface area contributed by atoms with E-state index in [1.54, 1.807) is 0 Å². The highest BCUT2D eigenvalue weighted by atomic mass is 19.1. The highest BCUT2D eigenvalue weighted by Crippen LogP contribution is 2.21. The topological polar surface area (TPSA) is 57.6 Å². The molecule has 1 fully saturated rings. The summed E-state index contributed by atoms with van der Waals surface area (Å²) >= 11 is 0. The van der Waals surface area contributed by atoms with Crippen LogP contribution in [0.3, 0.4) is 0 Å². The van der Waals surface area contributed by atoms with Crippen LogP contribution in [0.1, 0.15) is 12.0 Å². The standard InChI is InChI=1S/C12H11F2NO3/c13-9-2-1-7(10(14)4-9)5-15-6-8(12(17)18)3-11(15)16/h1-2,4,8H,3,5-6H2,(H,17,18)/t8-/m1/s1. The summed E-state index contributed by atoms with van der Waals surface area (Å²) in [6, 6.07) is 3.10. The minimum atomic E-state index is -1.04. The summed E-state index contributed by atoms with van der Waals surface area (Å²) in [5.41, 5.74) is 0.177. The highest BCUT2D eigenvalue weighted by molar-refractivity contribution is 5.86. The van der Waals surface area contributed by atoms with Crippen LogP contribution in [-0.4, -0.2) is 28.4 Å². The number of benzene rings is 1. The van der Waals surface area contributed by atoms with Gasteiger partial charge in [-0.25, -0.2) is 8.78 Å². The van der Waals surface area contributed by atoms with Crippen molar-refractivity contribution in [3.8, 4) is 0 Å². The van der Waals surface area contributed by atoms with Gasteiger partial charge < -0.3 is 10.0 Å². The molecule has 1 aromatic carbocycles. The van der Waals surface area contributed by atoms with E-state index in [0.717, 1.165) is 12.1 Å². The van der Waals surface area contributed by atoms with Gasteiger partial charge in [-0.3, -0.25) is 9.59 Å². The second-order valence-corrected chi connectivity index (χ2v) is 4.25. The molecule has 4 nitrogen and oxygen atoms in total. The summed E-state index contributed by atoms with van der Waals surface area (Å²) in [6.45, 7) is 0.0275. The Hall–Kier alpha value is -1.98. The lowest BCUT2D eigenvalue weighted by atomic mass is 10.1. The molecule has 0 radical (unpaired) electrons. The van der Waals surface area contributed by atoms with Gasteiger partial charge in [-0.05, 0) is 6.07 Å². The fourth-order valence-corrected chi connectivity index (χ4v) is 1.95. The number of rotatable bonds is 3. The van der Waals surface area contributed by atoms with Crippen molar-refractivity contribution in [1.29, 1.82) is 0 Å². The Morgan fingerprint density at radius 3 is 2.72 bits per heavy atom. The summed E-state index contributed by atoms with van der Waals surface area (Å²) in [7, 11) is 0. The van der Waals surface area contributed by atoms with Gasteiger partial charge in [0.2, 0.25) is 5.91 Å². The summed E-state index contributed by atoms with van der Waals surface area (Å²) < 4.78 is 26.1. The zero-order chi connectivity index (χ0) is 13.3. The Kier molecular flexibility index (Phi) is 3.27. The molecule has 0 unspecified atom stereocenters. The fourth-order valence-electron chi connectivity index (χ4n) is 1.95. The minimum absolute atomic E-state index is 0.0330. The SMILES string of the molecule is O=C(O)[C@@H]1CC(=O)N(Cc2ccc(F)cc2F)C1. The van der Waals surface area contributed by atoms with E-state index in [-0.39, 0.29) is 31.0 Å². The molecule has 0 aliphatic carbocycles. The minimum Gasteiger partial charge on any atom is -0.481 e. The first-order chi connectivity index (χ1) is 8.47. The quantitative estimate of drug-likeness (QED) is 0.888. The smallest absolute Gasteiger partial charge is 0.308 e. The van der Waals surface area contributed by atoms with Gasteiger partial charge in [-0.1, -0.05) is 6.07 Å². The van der Waals surface area contributed by atoms with E-state index in [1.165, 1.54) is 11.0 Å². The van der Waals surface area contributed by atoms with Crippen molar-refractivity contribution in [2.45, 2.75) is 13.0 Å². The van der Waals surface area contributed by atoms with Crippen LogP contribution in [0.4, 0.5) is 8.78 Å². The number of carboxylic acid groups (broad SMARTS) is 1. The lowest BCUT2D eigenvalue weighted by Crippen LogP contribution is -2.26. The molecule has 96 valence electrons. The molecular weight excluding hydrogens is 244 g/mol. The van der Waals surface area contributed by atoms with E-state index < -0.39 is 23.5 Å². The van der Waals surface area contributed by atoms with E-state index in [4.69, 9.17) is 5.11 Å². The first-order valence-corrected chi connectivity index (χ1v) is 5.42. The Labute approximate surface area is 102 Å². The number of hydrogen-bond acceptors (Lipinski definition) is 2. The normalized spacial score (nSPS) is 19.3. The van der Waals surface area contributed by atoms with E-state index in [2.05, 4.69) is 0 Å². The monoisotopic (exact) mass is 255 g/mol. The summed E-state index contributed by atoms with van der Waals surface area (Å²) in [6.07, 6.45) is -0.0713. The molecule has 1 aliphatic heterocycles. The van der Waals surface area contributed by atoms with Gasteiger partial charge in [0.15, 0.2) is 0 Å². The summed E-state index contributed by atoms with van der Waals surface area (Å²) in [5, 5.41) is 8.80. The van der Waals surface area contributed by atoms with E-state index in [0.29, 0.717) is 0 Å². The van der Waals surface area contributed by atoms with Crippen LogP contribution in [-0.2, 0) is 16.1 Å². The molecule has 18 heavy (non-hydrogen) atoms. The Morgan fingerprint density at radius 2 is 2.17 bits per heavy atom. The Morgan fingerprint density at radius 1 is 1.44 bits per heavy atom. The molecule has 0 spiro atoms. The molecule has 6 heteroatoms. The van der Waals surface area contributed by atoms with Crippen molar-refractivity contribution in [1.82, 2.24) is 4.90 Å². The van der Waals surface area contributed by atoms with Crippen molar-refractivity contribution in [2.24, 2.45) is 5.92 Å². The molecule has 1 saturated heterocycles. The predicted octanol–water partition coefficient (Wildman–Crippen LogP) is 1.40. The van der Waals surface area contributed by atoms with Crippen molar-refractivity contribution in [3.05, 3.63) is 35.4 Å². The predicted molar refractivity (Wildman–Crippen MR) is 57.5 cm³/mol. The van der Waals surface area contributed by atoms with Gasteiger partial charge in [0.05, 0.1) is 5.92 Å². The lowest BCUT2D eigenvalue weighted by Gasteiger charge is -2.16. The number of halogens is 2. The van der Waals surface area contributed by atoms with Crippen molar-refractivity contribution < 1.29 is 23.5 Å². The average molecular weight is 255 g/mol. The second kappa shape index (κ2) is 4.72. The van der Waals surface area contributed by atoms with Crippen molar-refractivity contribution in [3.63, 3.8) is 0 Å². The van der Waals surface area contributed by atoms with Gasteiger partial charge in [0.25, 0.3) is 0 Å². The highest BCUT2D eigenvalue weighted by Gasteiger charge is 2.34. The average Bonchev–Trinajstić information content (AvgIpc) is 2.64.